The van der Waals surface area contributed by atoms with Crippen LogP contribution in [0.5, 0.6) is 0 Å². The smallest absolute Gasteiger partial charge is 0.211 e. The number of rotatable bonds is 2. The van der Waals surface area contributed by atoms with E-state index >= 15 is 0 Å². The van der Waals surface area contributed by atoms with Crippen LogP contribution in [-0.4, -0.2) is 31.6 Å². The molecule has 0 unspecified atom stereocenters. The summed E-state index contributed by atoms with van der Waals surface area (Å²) in [5.74, 6) is -4.16. The molecule has 0 aliphatic carbocycles. The van der Waals surface area contributed by atoms with Gasteiger partial charge in [-0.15, -0.1) is 0 Å². The predicted octanol–water partition coefficient (Wildman–Crippen LogP) is 1.10. The Bertz CT molecular complexity index is 312. The second kappa shape index (κ2) is 3.67. The number of sulfonamides is 1. The van der Waals surface area contributed by atoms with Gasteiger partial charge in [0.05, 0.1) is 6.54 Å². The van der Waals surface area contributed by atoms with E-state index in [1.54, 1.807) is 0 Å². The molecule has 0 radical (unpaired) electrons. The lowest BCUT2D eigenvalue weighted by Gasteiger charge is -2.22. The summed E-state index contributed by atoms with van der Waals surface area (Å²) in [4.78, 5) is 0. The summed E-state index contributed by atoms with van der Waals surface area (Å²) in [5.41, 5.74) is 0. The molecule has 0 fully saturated rings. The molecule has 0 N–H and O–H groups in total. The summed E-state index contributed by atoms with van der Waals surface area (Å²) < 4.78 is 58.5. The highest BCUT2D eigenvalue weighted by Gasteiger charge is 2.33. The van der Waals surface area contributed by atoms with Gasteiger partial charge in [0.25, 0.3) is 10.0 Å². The van der Waals surface area contributed by atoms with E-state index in [1.807, 2.05) is 0 Å². The van der Waals surface area contributed by atoms with Crippen molar-refractivity contribution in [2.75, 3.05) is 13.1 Å². The van der Waals surface area contributed by atoms with E-state index in [1.165, 1.54) is 6.08 Å². The maximum absolute atomic E-state index is 12.5. The minimum Gasteiger partial charge on any atom is -0.211 e. The zero-order valence-electron chi connectivity index (χ0n) is 6.58. The Balaban J connectivity index is 2.80. The van der Waals surface area contributed by atoms with Crippen molar-refractivity contribution in [1.82, 2.24) is 4.31 Å². The van der Waals surface area contributed by atoms with Crippen LogP contribution in [0, 0.1) is 0 Å². The molecule has 3 nitrogen and oxygen atoms in total. The molecule has 0 bridgehead atoms. The largest absolute Gasteiger partial charge is 0.350 e. The van der Waals surface area contributed by atoms with Gasteiger partial charge in [0, 0.05) is 6.54 Å². The summed E-state index contributed by atoms with van der Waals surface area (Å²) >= 11 is 0. The lowest BCUT2D eigenvalue weighted by atomic mass is 10.3. The lowest BCUT2D eigenvalue weighted by molar-refractivity contribution is 0.218. The second-order valence-electron chi connectivity index (χ2n) is 2.58. The Labute approximate surface area is 73.9 Å². The van der Waals surface area contributed by atoms with Gasteiger partial charge in [0.1, 0.15) is 5.83 Å². The molecule has 76 valence electrons. The molecule has 1 aliphatic heterocycles. The van der Waals surface area contributed by atoms with E-state index in [-0.39, 0.29) is 13.0 Å². The summed E-state index contributed by atoms with van der Waals surface area (Å²) in [6, 6.07) is 0. The van der Waals surface area contributed by atoms with Crippen LogP contribution in [0.3, 0.4) is 0 Å². The molecule has 0 saturated carbocycles. The molecule has 1 rings (SSSR count). The van der Waals surface area contributed by atoms with Crippen LogP contribution in [0.1, 0.15) is 6.42 Å². The van der Waals surface area contributed by atoms with Gasteiger partial charge in [-0.25, -0.2) is 12.8 Å². The molecule has 1 aliphatic rings. The summed E-state index contributed by atoms with van der Waals surface area (Å²) in [6.45, 7) is -0.660. The van der Waals surface area contributed by atoms with Gasteiger partial charge in [-0.05, 0) is 6.42 Å². The van der Waals surface area contributed by atoms with Crippen molar-refractivity contribution in [2.24, 2.45) is 0 Å². The molecule has 0 atom stereocenters. The summed E-state index contributed by atoms with van der Waals surface area (Å²) in [5, 5.41) is 0. The zero-order valence-corrected chi connectivity index (χ0v) is 7.40. The maximum atomic E-state index is 12.5. The van der Waals surface area contributed by atoms with E-state index in [9.17, 15) is 21.6 Å². The number of nitrogens with zero attached hydrogens (tertiary/aromatic N) is 1. The van der Waals surface area contributed by atoms with Gasteiger partial charge in [0.2, 0.25) is 0 Å². The van der Waals surface area contributed by atoms with Crippen LogP contribution in [-0.2, 0) is 10.0 Å². The highest BCUT2D eigenvalue weighted by molar-refractivity contribution is 7.89. The maximum Gasteiger partial charge on any atom is 0.350 e. The van der Waals surface area contributed by atoms with Crippen molar-refractivity contribution in [3.8, 4) is 0 Å². The third kappa shape index (κ3) is 2.22. The van der Waals surface area contributed by atoms with Crippen LogP contribution in [0.25, 0.3) is 0 Å². The van der Waals surface area contributed by atoms with E-state index in [0.717, 1.165) is 0 Å². The molecule has 0 aromatic rings. The molecule has 0 amide bonds. The van der Waals surface area contributed by atoms with Crippen molar-refractivity contribution in [3.05, 3.63) is 11.9 Å². The van der Waals surface area contributed by atoms with Crippen molar-refractivity contribution < 1.29 is 21.6 Å². The van der Waals surface area contributed by atoms with Gasteiger partial charge in [-0.1, -0.05) is 6.08 Å². The molecule has 0 spiro atoms. The van der Waals surface area contributed by atoms with Gasteiger partial charge in [-0.3, -0.25) is 0 Å². The first kappa shape index (κ1) is 10.5. The Hall–Kier alpha value is -0.560. The minimum atomic E-state index is -4.61. The molecule has 0 aromatic heterocycles. The first-order valence-corrected chi connectivity index (χ1v) is 5.06. The van der Waals surface area contributed by atoms with Crippen molar-refractivity contribution in [3.63, 3.8) is 0 Å². The Morgan fingerprint density at radius 1 is 1.46 bits per heavy atom. The highest BCUT2D eigenvalue weighted by atomic mass is 32.2. The van der Waals surface area contributed by atoms with Gasteiger partial charge in [-0.2, -0.15) is 13.1 Å². The first-order valence-electron chi connectivity index (χ1n) is 3.56. The molecular formula is C6H8F3NO2S. The Kier molecular flexibility index (Phi) is 2.97. The van der Waals surface area contributed by atoms with E-state index in [2.05, 4.69) is 0 Å². The second-order valence-corrected chi connectivity index (χ2v) is 4.48. The fourth-order valence-corrected chi connectivity index (χ4v) is 1.90. The van der Waals surface area contributed by atoms with Crippen LogP contribution in [0.15, 0.2) is 11.9 Å². The predicted molar refractivity (Wildman–Crippen MR) is 40.3 cm³/mol. The SMILES string of the molecule is O=S(=O)(C(F)F)N1CCC=C(F)C1. The molecular weight excluding hydrogens is 207 g/mol. The minimum absolute atomic E-state index is 0.0832. The van der Waals surface area contributed by atoms with Crippen LogP contribution >= 0.6 is 0 Å². The van der Waals surface area contributed by atoms with Crippen molar-refractivity contribution in [2.45, 2.75) is 12.2 Å². The molecule has 0 aromatic carbocycles. The summed E-state index contributed by atoms with van der Waals surface area (Å²) in [7, 11) is -4.61. The van der Waals surface area contributed by atoms with E-state index < -0.39 is 28.2 Å². The quantitative estimate of drug-likeness (QED) is 0.691. The average molecular weight is 215 g/mol. The average Bonchev–Trinajstić information content (AvgIpc) is 2.04. The highest BCUT2D eigenvalue weighted by Crippen LogP contribution is 2.18. The molecule has 13 heavy (non-hydrogen) atoms. The van der Waals surface area contributed by atoms with Gasteiger partial charge >= 0.3 is 5.76 Å². The Morgan fingerprint density at radius 3 is 2.54 bits per heavy atom. The standard InChI is InChI=1S/C6H8F3NO2S/c7-5-2-1-3-10(4-5)13(11,12)6(8)9/h2,6H,1,3-4H2. The number of hydrogen-bond acceptors (Lipinski definition) is 2. The van der Waals surface area contributed by atoms with Gasteiger partial charge < -0.3 is 0 Å². The molecule has 7 heteroatoms. The first-order chi connectivity index (χ1) is 5.94. The normalized spacial score (nSPS) is 20.5. The number of alkyl halides is 2. The fourth-order valence-electron chi connectivity index (χ4n) is 1.01. The van der Waals surface area contributed by atoms with Crippen molar-refractivity contribution >= 4 is 10.0 Å². The third-order valence-corrected chi connectivity index (χ3v) is 3.14. The van der Waals surface area contributed by atoms with Gasteiger partial charge in [0.15, 0.2) is 0 Å². The monoisotopic (exact) mass is 215 g/mol. The topological polar surface area (TPSA) is 37.4 Å². The molecule has 0 saturated heterocycles. The summed E-state index contributed by atoms with van der Waals surface area (Å²) in [6.07, 6.45) is 1.33. The van der Waals surface area contributed by atoms with Crippen molar-refractivity contribution in [1.29, 1.82) is 0 Å². The number of hydrogen-bond donors (Lipinski definition) is 0. The number of halogens is 3. The van der Waals surface area contributed by atoms with Crippen LogP contribution in [0.4, 0.5) is 13.2 Å². The van der Waals surface area contributed by atoms with E-state index in [4.69, 9.17) is 0 Å². The van der Waals surface area contributed by atoms with Crippen LogP contribution in [0.2, 0.25) is 0 Å². The van der Waals surface area contributed by atoms with E-state index in [0.29, 0.717) is 4.31 Å². The zero-order chi connectivity index (χ0) is 10.1. The fraction of sp³-hybridized carbons (Fsp3) is 0.667. The van der Waals surface area contributed by atoms with Crippen LogP contribution < -0.4 is 0 Å². The molecule has 1 heterocycles. The third-order valence-electron chi connectivity index (χ3n) is 1.66. The lowest BCUT2D eigenvalue weighted by Crippen LogP contribution is -2.38. The Morgan fingerprint density at radius 2 is 2.08 bits per heavy atom.